The number of nitrogens with two attached hydrogens (primary N) is 1. The van der Waals surface area contributed by atoms with Gasteiger partial charge in [0.2, 0.25) is 10.0 Å². The van der Waals surface area contributed by atoms with E-state index in [1.165, 1.54) is 16.8 Å². The Labute approximate surface area is 119 Å². The summed E-state index contributed by atoms with van der Waals surface area (Å²) in [5.41, 5.74) is 5.54. The second-order valence-corrected chi connectivity index (χ2v) is 7.98. The topological polar surface area (TPSA) is 94.2 Å². The molecule has 1 fully saturated rings. The zero-order valence-corrected chi connectivity index (χ0v) is 12.8. The third kappa shape index (κ3) is 3.04. The number of nitrogens with one attached hydrogen (secondary N) is 1. The summed E-state index contributed by atoms with van der Waals surface area (Å²) in [6.07, 6.45) is 4.06. The van der Waals surface area contributed by atoms with E-state index >= 15 is 0 Å². The van der Waals surface area contributed by atoms with Crippen molar-refractivity contribution >= 4 is 15.9 Å². The monoisotopic (exact) mass is 299 g/mol. The van der Waals surface area contributed by atoms with Crippen LogP contribution in [0.1, 0.15) is 43.6 Å². The van der Waals surface area contributed by atoms with Gasteiger partial charge in [-0.25, -0.2) is 13.1 Å². The number of hydrogen-bond donors (Lipinski definition) is 2. The van der Waals surface area contributed by atoms with Gasteiger partial charge in [-0.05, 0) is 30.7 Å². The number of primary amides is 1. The van der Waals surface area contributed by atoms with Gasteiger partial charge >= 0.3 is 0 Å². The zero-order chi connectivity index (χ0) is 15.1. The summed E-state index contributed by atoms with van der Waals surface area (Å²) < 4.78 is 28.8. The van der Waals surface area contributed by atoms with E-state index in [2.05, 4.69) is 18.6 Å². The standard InChI is InChI=1S/C13H21N3O3S/c1-13(2)5-4-9(7-13)15-20(18,19)10-6-11(12(14)17)16(3)8-10/h6,8-9,15H,4-5,7H2,1-3H3,(H2,14,17). The summed E-state index contributed by atoms with van der Waals surface area (Å²) in [6.45, 7) is 4.27. The van der Waals surface area contributed by atoms with E-state index in [-0.39, 0.29) is 22.0 Å². The Morgan fingerprint density at radius 2 is 2.15 bits per heavy atom. The van der Waals surface area contributed by atoms with Crippen LogP contribution in [0.3, 0.4) is 0 Å². The number of hydrogen-bond acceptors (Lipinski definition) is 3. The smallest absolute Gasteiger partial charge is 0.265 e. The first-order valence-corrected chi connectivity index (χ1v) is 8.07. The van der Waals surface area contributed by atoms with Gasteiger partial charge in [-0.15, -0.1) is 0 Å². The molecule has 1 saturated carbocycles. The summed E-state index contributed by atoms with van der Waals surface area (Å²) in [5.74, 6) is -0.643. The van der Waals surface area contributed by atoms with Crippen LogP contribution in [0.25, 0.3) is 0 Å². The molecule has 0 saturated heterocycles. The number of sulfonamides is 1. The van der Waals surface area contributed by atoms with E-state index in [4.69, 9.17) is 5.73 Å². The lowest BCUT2D eigenvalue weighted by molar-refractivity contribution is 0.0992. The summed E-state index contributed by atoms with van der Waals surface area (Å²) >= 11 is 0. The molecule has 112 valence electrons. The molecule has 0 bridgehead atoms. The first kappa shape index (κ1) is 15.1. The van der Waals surface area contributed by atoms with Crippen molar-refractivity contribution in [3.8, 4) is 0 Å². The molecule has 1 unspecified atom stereocenters. The molecule has 2 rings (SSSR count). The molecular weight excluding hydrogens is 278 g/mol. The second-order valence-electron chi connectivity index (χ2n) is 6.26. The van der Waals surface area contributed by atoms with Crippen LogP contribution >= 0.6 is 0 Å². The molecule has 1 atom stereocenters. The maximum Gasteiger partial charge on any atom is 0.265 e. The molecule has 0 aromatic carbocycles. The molecule has 1 amide bonds. The van der Waals surface area contributed by atoms with Crippen molar-refractivity contribution in [3.63, 3.8) is 0 Å². The summed E-state index contributed by atoms with van der Waals surface area (Å²) in [7, 11) is -2.01. The second kappa shape index (κ2) is 4.89. The number of aryl methyl sites for hydroxylation is 1. The average molecular weight is 299 g/mol. The molecule has 0 radical (unpaired) electrons. The highest BCUT2D eigenvalue weighted by atomic mass is 32.2. The lowest BCUT2D eigenvalue weighted by Crippen LogP contribution is -2.33. The van der Waals surface area contributed by atoms with Crippen molar-refractivity contribution in [3.05, 3.63) is 18.0 Å². The van der Waals surface area contributed by atoms with E-state index < -0.39 is 15.9 Å². The Morgan fingerprint density at radius 1 is 1.50 bits per heavy atom. The van der Waals surface area contributed by atoms with Crippen LogP contribution < -0.4 is 10.5 Å². The van der Waals surface area contributed by atoms with Gasteiger partial charge in [0.1, 0.15) is 10.6 Å². The van der Waals surface area contributed by atoms with Crippen LogP contribution in [0.2, 0.25) is 0 Å². The minimum Gasteiger partial charge on any atom is -0.364 e. The highest BCUT2D eigenvalue weighted by Crippen LogP contribution is 2.37. The van der Waals surface area contributed by atoms with Crippen LogP contribution in [-0.4, -0.2) is 24.9 Å². The van der Waals surface area contributed by atoms with E-state index in [0.29, 0.717) is 0 Å². The molecule has 7 heteroatoms. The van der Waals surface area contributed by atoms with Gasteiger partial charge in [-0.1, -0.05) is 13.8 Å². The fraction of sp³-hybridized carbons (Fsp3) is 0.615. The van der Waals surface area contributed by atoms with Crippen molar-refractivity contribution in [2.24, 2.45) is 18.2 Å². The van der Waals surface area contributed by atoms with Crippen molar-refractivity contribution in [1.29, 1.82) is 0 Å². The molecule has 0 aliphatic heterocycles. The Bertz CT molecular complexity index is 631. The van der Waals surface area contributed by atoms with Gasteiger partial charge in [0.05, 0.1) is 0 Å². The number of nitrogens with zero attached hydrogens (tertiary/aromatic N) is 1. The van der Waals surface area contributed by atoms with E-state index in [9.17, 15) is 13.2 Å². The van der Waals surface area contributed by atoms with Crippen LogP contribution in [0.4, 0.5) is 0 Å². The van der Waals surface area contributed by atoms with Gasteiger partial charge in [0.25, 0.3) is 5.91 Å². The maximum atomic E-state index is 12.3. The lowest BCUT2D eigenvalue weighted by Gasteiger charge is -2.17. The maximum absolute atomic E-state index is 12.3. The molecule has 3 N–H and O–H groups in total. The molecular formula is C13H21N3O3S. The highest BCUT2D eigenvalue weighted by Gasteiger charge is 2.33. The number of carbonyl (C=O) groups excluding carboxylic acids is 1. The fourth-order valence-corrected chi connectivity index (χ4v) is 4.09. The molecule has 1 aliphatic rings. The first-order chi connectivity index (χ1) is 9.11. The van der Waals surface area contributed by atoms with E-state index in [1.807, 2.05) is 0 Å². The molecule has 1 aliphatic carbocycles. The molecule has 1 aromatic rings. The van der Waals surface area contributed by atoms with Gasteiger partial charge in [-0.3, -0.25) is 4.79 Å². The Morgan fingerprint density at radius 3 is 2.60 bits per heavy atom. The van der Waals surface area contributed by atoms with E-state index in [0.717, 1.165) is 19.3 Å². The predicted molar refractivity (Wildman–Crippen MR) is 75.7 cm³/mol. The van der Waals surface area contributed by atoms with Crippen LogP contribution in [0, 0.1) is 5.41 Å². The average Bonchev–Trinajstić information content (AvgIpc) is 2.82. The summed E-state index contributed by atoms with van der Waals surface area (Å²) in [6, 6.07) is 1.26. The van der Waals surface area contributed by atoms with Crippen LogP contribution in [-0.2, 0) is 17.1 Å². The fourth-order valence-electron chi connectivity index (χ4n) is 2.75. The van der Waals surface area contributed by atoms with Crippen LogP contribution in [0.5, 0.6) is 0 Å². The van der Waals surface area contributed by atoms with Gasteiger partial charge in [-0.2, -0.15) is 0 Å². The third-order valence-corrected chi connectivity index (χ3v) is 5.32. The SMILES string of the molecule is Cn1cc(S(=O)(=O)NC2CCC(C)(C)C2)cc1C(N)=O. The minimum atomic E-state index is -3.61. The number of amides is 1. The predicted octanol–water partition coefficient (Wildman–Crippen LogP) is 0.981. The molecule has 0 spiro atoms. The molecule has 1 aromatic heterocycles. The van der Waals surface area contributed by atoms with Crippen molar-refractivity contribution in [2.75, 3.05) is 0 Å². The zero-order valence-electron chi connectivity index (χ0n) is 12.0. The molecule has 20 heavy (non-hydrogen) atoms. The summed E-state index contributed by atoms with van der Waals surface area (Å²) in [5, 5.41) is 0. The molecule has 6 nitrogen and oxygen atoms in total. The first-order valence-electron chi connectivity index (χ1n) is 6.59. The quantitative estimate of drug-likeness (QED) is 0.867. The Kier molecular flexibility index (Phi) is 3.68. The van der Waals surface area contributed by atoms with Gasteiger partial charge in [0, 0.05) is 19.3 Å². The van der Waals surface area contributed by atoms with Crippen molar-refractivity contribution < 1.29 is 13.2 Å². The van der Waals surface area contributed by atoms with Gasteiger partial charge in [0.15, 0.2) is 0 Å². The van der Waals surface area contributed by atoms with Crippen molar-refractivity contribution in [1.82, 2.24) is 9.29 Å². The normalized spacial score (nSPS) is 22.1. The molecule has 1 heterocycles. The van der Waals surface area contributed by atoms with Gasteiger partial charge < -0.3 is 10.3 Å². The number of carbonyl (C=O) groups is 1. The number of rotatable bonds is 4. The third-order valence-electron chi connectivity index (χ3n) is 3.83. The minimum absolute atomic E-state index is 0.0489. The lowest BCUT2D eigenvalue weighted by atomic mass is 9.92. The number of aromatic nitrogens is 1. The Balaban J connectivity index is 2.19. The highest BCUT2D eigenvalue weighted by molar-refractivity contribution is 7.89. The van der Waals surface area contributed by atoms with Crippen LogP contribution in [0.15, 0.2) is 17.2 Å². The van der Waals surface area contributed by atoms with E-state index in [1.54, 1.807) is 7.05 Å². The van der Waals surface area contributed by atoms with Crippen molar-refractivity contribution in [2.45, 2.75) is 44.0 Å². The Hall–Kier alpha value is -1.34. The summed E-state index contributed by atoms with van der Waals surface area (Å²) in [4.78, 5) is 11.3. The largest absolute Gasteiger partial charge is 0.364 e.